The summed E-state index contributed by atoms with van der Waals surface area (Å²) in [6, 6.07) is 30.0. The highest BCUT2D eigenvalue weighted by atomic mass is 16.5. The van der Waals surface area contributed by atoms with Gasteiger partial charge in [0.1, 0.15) is 11.5 Å². The molecule has 2 aromatic heterocycles. The van der Waals surface area contributed by atoms with E-state index in [-0.39, 0.29) is 5.91 Å². The highest BCUT2D eigenvalue weighted by molar-refractivity contribution is 6.06. The molecule has 39 heavy (non-hydrogen) atoms. The zero-order valence-corrected chi connectivity index (χ0v) is 21.3. The van der Waals surface area contributed by atoms with Gasteiger partial charge in [-0.1, -0.05) is 42.5 Å². The number of para-hydroxylation sites is 2. The van der Waals surface area contributed by atoms with E-state index in [1.807, 2.05) is 72.8 Å². The van der Waals surface area contributed by atoms with E-state index in [0.29, 0.717) is 40.0 Å². The van der Waals surface area contributed by atoms with E-state index in [9.17, 15) is 4.79 Å². The van der Waals surface area contributed by atoms with E-state index in [2.05, 4.69) is 20.8 Å². The maximum atomic E-state index is 13.0. The first-order chi connectivity index (χ1) is 19.1. The summed E-state index contributed by atoms with van der Waals surface area (Å²) in [4.78, 5) is 13.0. The second kappa shape index (κ2) is 10.1. The number of fused-ring (bicyclic) bond motifs is 3. The molecule has 2 N–H and O–H groups in total. The number of nitrogens with one attached hydrogen (secondary N) is 2. The van der Waals surface area contributed by atoms with Gasteiger partial charge in [0.05, 0.1) is 19.9 Å². The van der Waals surface area contributed by atoms with E-state index >= 15 is 0 Å². The summed E-state index contributed by atoms with van der Waals surface area (Å²) in [5.74, 6) is 2.30. The van der Waals surface area contributed by atoms with Crippen molar-refractivity contribution in [1.29, 1.82) is 0 Å². The molecule has 0 aliphatic carbocycles. The molecule has 0 aliphatic heterocycles. The lowest BCUT2D eigenvalue weighted by molar-refractivity contribution is 0.102. The van der Waals surface area contributed by atoms with Crippen LogP contribution in [0.3, 0.4) is 0 Å². The minimum absolute atomic E-state index is 0.253. The number of hydrogen-bond acceptors (Lipinski definition) is 7. The minimum Gasteiger partial charge on any atom is -0.497 e. The van der Waals surface area contributed by atoms with Gasteiger partial charge in [0.15, 0.2) is 17.3 Å². The second-order valence-corrected chi connectivity index (χ2v) is 8.74. The standard InChI is InChI=1S/C30H24N6O3/c1-38-22-16-14-19(15-17-22)28-33-34-29-24-11-4-3-10-23(24)27(35-36(28)29)31-21-9-7-8-20(18-21)30(37)32-25-12-5-6-13-26(25)39-2/h3-18H,1-2H3,(H,31,35)(H,32,37). The quantitative estimate of drug-likeness (QED) is 0.270. The van der Waals surface area contributed by atoms with Crippen molar-refractivity contribution in [2.45, 2.75) is 0 Å². The number of amides is 1. The fraction of sp³-hybridized carbons (Fsp3) is 0.0667. The van der Waals surface area contributed by atoms with Gasteiger partial charge in [-0.3, -0.25) is 4.79 Å². The third-order valence-corrected chi connectivity index (χ3v) is 6.35. The minimum atomic E-state index is -0.253. The van der Waals surface area contributed by atoms with Gasteiger partial charge in [-0.2, -0.15) is 4.52 Å². The smallest absolute Gasteiger partial charge is 0.255 e. The molecule has 6 aromatic rings. The van der Waals surface area contributed by atoms with Gasteiger partial charge in [0, 0.05) is 27.6 Å². The monoisotopic (exact) mass is 516 g/mol. The molecule has 0 fully saturated rings. The van der Waals surface area contributed by atoms with Crippen LogP contribution in [0.5, 0.6) is 11.5 Å². The van der Waals surface area contributed by atoms with E-state index in [1.54, 1.807) is 43.0 Å². The molecule has 9 nitrogen and oxygen atoms in total. The lowest BCUT2D eigenvalue weighted by atomic mass is 10.1. The predicted octanol–water partition coefficient (Wildman–Crippen LogP) is 5.96. The number of anilines is 3. The Bertz CT molecular complexity index is 1810. The van der Waals surface area contributed by atoms with Gasteiger partial charge >= 0.3 is 0 Å². The van der Waals surface area contributed by atoms with Crippen LogP contribution in [-0.4, -0.2) is 39.9 Å². The topological polar surface area (TPSA) is 103 Å². The molecule has 1 amide bonds. The summed E-state index contributed by atoms with van der Waals surface area (Å²) in [5.41, 5.74) is 3.29. The van der Waals surface area contributed by atoms with Crippen LogP contribution in [0.25, 0.3) is 27.8 Å². The molecule has 0 atom stereocenters. The van der Waals surface area contributed by atoms with Gasteiger partial charge in [0.25, 0.3) is 5.91 Å². The predicted molar refractivity (Wildman–Crippen MR) is 151 cm³/mol. The molecule has 9 heteroatoms. The number of ether oxygens (including phenoxy) is 2. The Morgan fingerprint density at radius 1 is 0.795 bits per heavy atom. The Morgan fingerprint density at radius 3 is 2.36 bits per heavy atom. The highest BCUT2D eigenvalue weighted by Crippen LogP contribution is 2.30. The second-order valence-electron chi connectivity index (χ2n) is 8.74. The maximum absolute atomic E-state index is 13.0. The summed E-state index contributed by atoms with van der Waals surface area (Å²) >= 11 is 0. The summed E-state index contributed by atoms with van der Waals surface area (Å²) in [7, 11) is 3.20. The molecular formula is C30H24N6O3. The lowest BCUT2D eigenvalue weighted by Crippen LogP contribution is -2.13. The van der Waals surface area contributed by atoms with Crippen molar-refractivity contribution in [2.24, 2.45) is 0 Å². The van der Waals surface area contributed by atoms with Crippen LogP contribution >= 0.6 is 0 Å². The van der Waals surface area contributed by atoms with Crippen LogP contribution in [0, 0.1) is 0 Å². The normalized spacial score (nSPS) is 10.9. The van der Waals surface area contributed by atoms with Crippen LogP contribution in [0.15, 0.2) is 97.1 Å². The molecule has 0 saturated carbocycles. The number of carbonyl (C=O) groups excluding carboxylic acids is 1. The average molecular weight is 517 g/mol. The first-order valence-electron chi connectivity index (χ1n) is 12.2. The van der Waals surface area contributed by atoms with Crippen LogP contribution < -0.4 is 20.1 Å². The summed E-state index contributed by atoms with van der Waals surface area (Å²) < 4.78 is 12.4. The number of carbonyl (C=O) groups is 1. The molecule has 2 heterocycles. The first kappa shape index (κ1) is 23.9. The molecule has 0 spiro atoms. The molecule has 192 valence electrons. The molecule has 0 bridgehead atoms. The Hall–Kier alpha value is -5.44. The molecule has 4 aromatic carbocycles. The first-order valence-corrected chi connectivity index (χ1v) is 12.2. The number of benzene rings is 4. The third kappa shape index (κ3) is 4.57. The van der Waals surface area contributed by atoms with Gasteiger partial charge in [-0.25, -0.2) is 0 Å². The van der Waals surface area contributed by atoms with Gasteiger partial charge < -0.3 is 20.1 Å². The molecule has 0 radical (unpaired) electrons. The zero-order chi connectivity index (χ0) is 26.8. The van der Waals surface area contributed by atoms with Crippen molar-refractivity contribution < 1.29 is 14.3 Å². The van der Waals surface area contributed by atoms with E-state index in [1.165, 1.54) is 0 Å². The Balaban J connectivity index is 1.37. The number of aromatic nitrogens is 4. The van der Waals surface area contributed by atoms with Crippen molar-refractivity contribution in [3.05, 3.63) is 103 Å². The van der Waals surface area contributed by atoms with Crippen LogP contribution in [0.2, 0.25) is 0 Å². The van der Waals surface area contributed by atoms with E-state index in [0.717, 1.165) is 22.1 Å². The van der Waals surface area contributed by atoms with Gasteiger partial charge in [-0.05, 0) is 54.6 Å². The van der Waals surface area contributed by atoms with Crippen molar-refractivity contribution in [3.8, 4) is 22.9 Å². The Labute approximate surface area is 224 Å². The summed E-state index contributed by atoms with van der Waals surface area (Å²) in [6.07, 6.45) is 0. The number of nitrogens with zero attached hydrogens (tertiary/aromatic N) is 4. The van der Waals surface area contributed by atoms with E-state index < -0.39 is 0 Å². The summed E-state index contributed by atoms with van der Waals surface area (Å²) in [5, 5.41) is 21.8. The van der Waals surface area contributed by atoms with Crippen molar-refractivity contribution in [2.75, 3.05) is 24.9 Å². The average Bonchev–Trinajstić information content (AvgIpc) is 3.42. The van der Waals surface area contributed by atoms with Crippen LogP contribution in [-0.2, 0) is 0 Å². The molecule has 0 unspecified atom stereocenters. The third-order valence-electron chi connectivity index (χ3n) is 6.35. The number of methoxy groups -OCH3 is 2. The number of hydrogen-bond donors (Lipinski definition) is 2. The lowest BCUT2D eigenvalue weighted by Gasteiger charge is -2.13. The van der Waals surface area contributed by atoms with Crippen LogP contribution in [0.1, 0.15) is 10.4 Å². The van der Waals surface area contributed by atoms with E-state index in [4.69, 9.17) is 14.6 Å². The van der Waals surface area contributed by atoms with Gasteiger partial charge in [0.2, 0.25) is 0 Å². The Kier molecular flexibility index (Phi) is 6.22. The highest BCUT2D eigenvalue weighted by Gasteiger charge is 2.16. The fourth-order valence-electron chi connectivity index (χ4n) is 4.41. The zero-order valence-electron chi connectivity index (χ0n) is 21.3. The summed E-state index contributed by atoms with van der Waals surface area (Å²) in [6.45, 7) is 0. The SMILES string of the molecule is COc1ccc(-c2nnc3c4ccccc4c(Nc4cccc(C(=O)Nc5ccccc5OC)c4)nn23)cc1. The molecule has 6 rings (SSSR count). The van der Waals surface area contributed by atoms with Crippen LogP contribution in [0.4, 0.5) is 17.2 Å². The fourth-order valence-corrected chi connectivity index (χ4v) is 4.41. The van der Waals surface area contributed by atoms with Crippen molar-refractivity contribution >= 4 is 39.5 Å². The maximum Gasteiger partial charge on any atom is 0.255 e. The Morgan fingerprint density at radius 2 is 1.56 bits per heavy atom. The number of rotatable bonds is 7. The largest absolute Gasteiger partial charge is 0.497 e. The van der Waals surface area contributed by atoms with Gasteiger partial charge in [-0.15, -0.1) is 15.3 Å². The van der Waals surface area contributed by atoms with Crippen molar-refractivity contribution in [1.82, 2.24) is 19.8 Å². The molecular weight excluding hydrogens is 492 g/mol. The molecule has 0 aliphatic rings. The molecule has 0 saturated heterocycles. The van der Waals surface area contributed by atoms with Crippen molar-refractivity contribution in [3.63, 3.8) is 0 Å².